The summed E-state index contributed by atoms with van der Waals surface area (Å²) in [4.78, 5) is 11.6. The first-order valence-electron chi connectivity index (χ1n) is 6.35. The van der Waals surface area contributed by atoms with Crippen LogP contribution < -0.4 is 5.73 Å². The molecule has 0 heterocycles. The number of rotatable bonds is 2. The van der Waals surface area contributed by atoms with Crippen molar-refractivity contribution in [3.05, 3.63) is 35.4 Å². The number of benzene rings is 1. The topological polar surface area (TPSA) is 52.3 Å². The predicted octanol–water partition coefficient (Wildman–Crippen LogP) is 2.48. The molecule has 0 fully saturated rings. The highest BCUT2D eigenvalue weighted by molar-refractivity contribution is 5.71. The number of ether oxygens (including phenoxy) is 1. The Bertz CT molecular complexity index is 467. The van der Waals surface area contributed by atoms with Crippen molar-refractivity contribution in [2.45, 2.75) is 44.1 Å². The summed E-state index contributed by atoms with van der Waals surface area (Å²) >= 11 is 0. The lowest BCUT2D eigenvalue weighted by molar-refractivity contribution is -0.142. The Morgan fingerprint density at radius 1 is 1.28 bits per heavy atom. The molecule has 1 unspecified atom stereocenters. The fraction of sp³-hybridized carbons (Fsp3) is 0.533. The van der Waals surface area contributed by atoms with Gasteiger partial charge in [0, 0.05) is 0 Å². The molecular weight excluding hydrogens is 226 g/mol. The molecule has 0 bridgehead atoms. The molecule has 0 spiro atoms. The summed E-state index contributed by atoms with van der Waals surface area (Å²) in [5, 5.41) is 0. The molecule has 1 aliphatic rings. The van der Waals surface area contributed by atoms with E-state index in [1.165, 1.54) is 12.7 Å². The van der Waals surface area contributed by atoms with Gasteiger partial charge in [0.2, 0.25) is 0 Å². The van der Waals surface area contributed by atoms with Crippen LogP contribution in [0.1, 0.15) is 44.2 Å². The standard InChI is InChI=1S/C15H21NO2/c1-14(2)8-9-15(16,10-13(17)18-3)12-7-5-4-6-11(12)14/h4-7H,8-10,16H2,1-3H3. The highest BCUT2D eigenvalue weighted by Crippen LogP contribution is 2.44. The zero-order valence-electron chi connectivity index (χ0n) is 11.3. The van der Waals surface area contributed by atoms with Crippen LogP contribution in [0.25, 0.3) is 0 Å². The van der Waals surface area contributed by atoms with E-state index in [0.717, 1.165) is 18.4 Å². The second-order valence-electron chi connectivity index (χ2n) is 5.84. The molecule has 0 saturated carbocycles. The highest BCUT2D eigenvalue weighted by Gasteiger charge is 2.41. The van der Waals surface area contributed by atoms with Gasteiger partial charge in [0.05, 0.1) is 19.1 Å². The Labute approximate surface area is 108 Å². The van der Waals surface area contributed by atoms with E-state index in [4.69, 9.17) is 10.5 Å². The van der Waals surface area contributed by atoms with Crippen LogP contribution in [0.5, 0.6) is 0 Å². The maximum Gasteiger partial charge on any atom is 0.307 e. The molecular formula is C15H21NO2. The van der Waals surface area contributed by atoms with Crippen molar-refractivity contribution in [3.8, 4) is 0 Å². The van der Waals surface area contributed by atoms with Gasteiger partial charge in [-0.05, 0) is 29.4 Å². The van der Waals surface area contributed by atoms with Gasteiger partial charge < -0.3 is 10.5 Å². The van der Waals surface area contributed by atoms with E-state index in [0.29, 0.717) is 0 Å². The minimum Gasteiger partial charge on any atom is -0.469 e. The van der Waals surface area contributed by atoms with Gasteiger partial charge >= 0.3 is 5.97 Å². The van der Waals surface area contributed by atoms with Crippen LogP contribution in [0, 0.1) is 0 Å². The van der Waals surface area contributed by atoms with Crippen molar-refractivity contribution in [1.29, 1.82) is 0 Å². The fourth-order valence-electron chi connectivity index (χ4n) is 2.83. The lowest BCUT2D eigenvalue weighted by Crippen LogP contribution is -2.46. The van der Waals surface area contributed by atoms with Crippen LogP contribution >= 0.6 is 0 Å². The number of methoxy groups -OCH3 is 1. The number of hydrogen-bond donors (Lipinski definition) is 1. The number of nitrogens with two attached hydrogens (primary N) is 1. The van der Waals surface area contributed by atoms with E-state index in [-0.39, 0.29) is 17.8 Å². The van der Waals surface area contributed by atoms with E-state index >= 15 is 0 Å². The zero-order chi connectivity index (χ0) is 13.4. The Balaban J connectivity index is 2.44. The third-order valence-corrected chi connectivity index (χ3v) is 4.08. The van der Waals surface area contributed by atoms with Crippen molar-refractivity contribution >= 4 is 5.97 Å². The van der Waals surface area contributed by atoms with Gasteiger partial charge in [-0.15, -0.1) is 0 Å². The Kier molecular flexibility index (Phi) is 3.20. The largest absolute Gasteiger partial charge is 0.469 e. The molecule has 1 aromatic carbocycles. The van der Waals surface area contributed by atoms with Crippen molar-refractivity contribution < 1.29 is 9.53 Å². The van der Waals surface area contributed by atoms with Crippen molar-refractivity contribution in [2.24, 2.45) is 5.73 Å². The van der Waals surface area contributed by atoms with Gasteiger partial charge in [0.1, 0.15) is 0 Å². The smallest absolute Gasteiger partial charge is 0.307 e. The van der Waals surface area contributed by atoms with Crippen LogP contribution in [0.15, 0.2) is 24.3 Å². The van der Waals surface area contributed by atoms with E-state index in [1.807, 2.05) is 18.2 Å². The maximum atomic E-state index is 11.6. The predicted molar refractivity (Wildman–Crippen MR) is 71.2 cm³/mol. The molecule has 1 atom stereocenters. The van der Waals surface area contributed by atoms with Crippen LogP contribution in [0.2, 0.25) is 0 Å². The summed E-state index contributed by atoms with van der Waals surface area (Å²) in [5.74, 6) is -0.244. The van der Waals surface area contributed by atoms with Crippen LogP contribution in [-0.2, 0) is 20.5 Å². The van der Waals surface area contributed by atoms with E-state index in [9.17, 15) is 4.79 Å². The molecule has 3 nitrogen and oxygen atoms in total. The number of fused-ring (bicyclic) bond motifs is 1. The third kappa shape index (κ3) is 2.15. The second-order valence-corrected chi connectivity index (χ2v) is 5.84. The number of carbonyl (C=O) groups excluding carboxylic acids is 1. The zero-order valence-corrected chi connectivity index (χ0v) is 11.3. The Morgan fingerprint density at radius 2 is 1.89 bits per heavy atom. The van der Waals surface area contributed by atoms with Crippen LogP contribution in [0.4, 0.5) is 0 Å². The lowest BCUT2D eigenvalue weighted by Gasteiger charge is -2.42. The quantitative estimate of drug-likeness (QED) is 0.817. The number of esters is 1. The Hall–Kier alpha value is -1.35. The molecule has 1 aliphatic carbocycles. The molecule has 0 saturated heterocycles. The molecule has 3 heteroatoms. The SMILES string of the molecule is COC(=O)CC1(N)CCC(C)(C)c2ccccc21. The molecule has 18 heavy (non-hydrogen) atoms. The molecule has 98 valence electrons. The molecule has 0 amide bonds. The summed E-state index contributed by atoms with van der Waals surface area (Å²) in [7, 11) is 1.41. The monoisotopic (exact) mass is 247 g/mol. The molecule has 0 aliphatic heterocycles. The van der Waals surface area contributed by atoms with Gasteiger partial charge in [-0.3, -0.25) is 4.79 Å². The minimum atomic E-state index is -0.584. The average Bonchev–Trinajstić information content (AvgIpc) is 2.35. The van der Waals surface area contributed by atoms with Gasteiger partial charge in [-0.25, -0.2) is 0 Å². The lowest BCUT2D eigenvalue weighted by atomic mass is 9.65. The highest BCUT2D eigenvalue weighted by atomic mass is 16.5. The van der Waals surface area contributed by atoms with Crippen molar-refractivity contribution in [1.82, 2.24) is 0 Å². The van der Waals surface area contributed by atoms with Crippen molar-refractivity contribution in [3.63, 3.8) is 0 Å². The molecule has 0 radical (unpaired) electrons. The minimum absolute atomic E-state index is 0.121. The second kappa shape index (κ2) is 4.39. The summed E-state index contributed by atoms with van der Waals surface area (Å²) in [6.45, 7) is 4.45. The van der Waals surface area contributed by atoms with E-state index in [2.05, 4.69) is 19.9 Å². The van der Waals surface area contributed by atoms with Crippen LogP contribution in [-0.4, -0.2) is 13.1 Å². The maximum absolute atomic E-state index is 11.6. The number of hydrogen-bond acceptors (Lipinski definition) is 3. The fourth-order valence-corrected chi connectivity index (χ4v) is 2.83. The van der Waals surface area contributed by atoms with E-state index in [1.54, 1.807) is 0 Å². The van der Waals surface area contributed by atoms with Gasteiger partial charge in [-0.2, -0.15) is 0 Å². The first-order chi connectivity index (χ1) is 8.39. The molecule has 0 aromatic heterocycles. The summed E-state index contributed by atoms with van der Waals surface area (Å²) in [5.41, 5.74) is 8.35. The average molecular weight is 247 g/mol. The summed E-state index contributed by atoms with van der Waals surface area (Å²) in [6.07, 6.45) is 2.04. The van der Waals surface area contributed by atoms with Gasteiger partial charge in [0.15, 0.2) is 0 Å². The molecule has 2 rings (SSSR count). The van der Waals surface area contributed by atoms with E-state index < -0.39 is 5.54 Å². The summed E-state index contributed by atoms with van der Waals surface area (Å²) < 4.78 is 4.77. The first kappa shape index (κ1) is 13.1. The van der Waals surface area contributed by atoms with Crippen LogP contribution in [0.3, 0.4) is 0 Å². The summed E-state index contributed by atoms with van der Waals surface area (Å²) in [6, 6.07) is 8.18. The normalized spacial score (nSPS) is 25.3. The number of carbonyl (C=O) groups is 1. The third-order valence-electron chi connectivity index (χ3n) is 4.08. The van der Waals surface area contributed by atoms with Crippen molar-refractivity contribution in [2.75, 3.05) is 7.11 Å². The van der Waals surface area contributed by atoms with Gasteiger partial charge in [0.25, 0.3) is 0 Å². The molecule has 1 aromatic rings. The first-order valence-corrected chi connectivity index (χ1v) is 6.35. The Morgan fingerprint density at radius 3 is 2.50 bits per heavy atom. The molecule has 2 N–H and O–H groups in total. The van der Waals surface area contributed by atoms with Gasteiger partial charge in [-0.1, -0.05) is 38.1 Å².